The highest BCUT2D eigenvalue weighted by Gasteiger charge is 2.31. The van der Waals surface area contributed by atoms with Crippen LogP contribution in [-0.2, 0) is 6.54 Å². The molecular formula is C23H26N6O3. The minimum atomic E-state index is -0.562. The van der Waals surface area contributed by atoms with Crippen LogP contribution in [0.1, 0.15) is 63.1 Å². The molecule has 0 bridgehead atoms. The van der Waals surface area contributed by atoms with Gasteiger partial charge in [-0.05, 0) is 50.5 Å². The molecule has 0 saturated carbocycles. The van der Waals surface area contributed by atoms with Crippen molar-refractivity contribution in [3.63, 3.8) is 0 Å². The van der Waals surface area contributed by atoms with E-state index in [9.17, 15) is 9.59 Å². The number of carbonyl (C=O) groups is 2. The van der Waals surface area contributed by atoms with Gasteiger partial charge in [0.15, 0.2) is 5.82 Å². The summed E-state index contributed by atoms with van der Waals surface area (Å²) in [6, 6.07) is 7.05. The first kappa shape index (κ1) is 21.5. The van der Waals surface area contributed by atoms with Gasteiger partial charge in [-0.25, -0.2) is 9.97 Å². The Hall–Kier alpha value is -3.75. The molecule has 9 heteroatoms. The van der Waals surface area contributed by atoms with Crippen LogP contribution in [0.5, 0.6) is 5.75 Å². The lowest BCUT2D eigenvalue weighted by Gasteiger charge is -2.35. The van der Waals surface area contributed by atoms with Crippen LogP contribution in [0.4, 0.5) is 0 Å². The number of hydrogen-bond donors (Lipinski definition) is 1. The molecule has 1 atom stereocenters. The van der Waals surface area contributed by atoms with Gasteiger partial charge in [0.25, 0.3) is 11.8 Å². The van der Waals surface area contributed by atoms with Crippen molar-refractivity contribution in [3.8, 4) is 5.75 Å². The second-order valence-corrected chi connectivity index (χ2v) is 7.83. The summed E-state index contributed by atoms with van der Waals surface area (Å²) in [7, 11) is 1.61. The molecule has 9 nitrogen and oxygen atoms in total. The van der Waals surface area contributed by atoms with E-state index in [0.717, 1.165) is 24.8 Å². The van der Waals surface area contributed by atoms with Gasteiger partial charge in [-0.3, -0.25) is 14.3 Å². The third-order valence-corrected chi connectivity index (χ3v) is 5.74. The van der Waals surface area contributed by atoms with Crippen LogP contribution in [0.3, 0.4) is 0 Å². The fraction of sp³-hybridized carbons (Fsp3) is 0.348. The lowest BCUT2D eigenvalue weighted by Crippen LogP contribution is -2.39. The number of primary amides is 1. The summed E-state index contributed by atoms with van der Waals surface area (Å²) in [5.41, 5.74) is 7.64. The number of amides is 2. The van der Waals surface area contributed by atoms with E-state index in [2.05, 4.69) is 15.1 Å². The number of aromatic nitrogens is 4. The fourth-order valence-electron chi connectivity index (χ4n) is 4.10. The summed E-state index contributed by atoms with van der Waals surface area (Å²) < 4.78 is 7.27. The van der Waals surface area contributed by atoms with Crippen LogP contribution >= 0.6 is 0 Å². The molecule has 1 aliphatic rings. The Kier molecular flexibility index (Phi) is 6.16. The summed E-state index contributed by atoms with van der Waals surface area (Å²) in [6.07, 6.45) is 7.68. The minimum Gasteiger partial charge on any atom is -0.496 e. The average Bonchev–Trinajstić information content (AvgIpc) is 3.31. The Balaban J connectivity index is 1.63. The minimum absolute atomic E-state index is 0.0840. The number of rotatable bonds is 6. The first-order valence-corrected chi connectivity index (χ1v) is 10.6. The highest BCUT2D eigenvalue weighted by molar-refractivity contribution is 5.95. The van der Waals surface area contributed by atoms with E-state index in [4.69, 9.17) is 10.5 Å². The second kappa shape index (κ2) is 9.17. The topological polar surface area (TPSA) is 116 Å². The smallest absolute Gasteiger partial charge is 0.254 e. The highest BCUT2D eigenvalue weighted by Crippen LogP contribution is 2.31. The molecule has 0 unspecified atom stereocenters. The predicted octanol–water partition coefficient (Wildman–Crippen LogP) is 2.50. The maximum absolute atomic E-state index is 13.5. The summed E-state index contributed by atoms with van der Waals surface area (Å²) in [4.78, 5) is 35.7. The van der Waals surface area contributed by atoms with E-state index in [-0.39, 0.29) is 11.9 Å². The molecule has 0 radical (unpaired) electrons. The van der Waals surface area contributed by atoms with Crippen molar-refractivity contribution < 1.29 is 14.3 Å². The molecule has 2 amide bonds. The molecule has 4 rings (SSSR count). The van der Waals surface area contributed by atoms with E-state index >= 15 is 0 Å². The molecule has 1 saturated heterocycles. The Morgan fingerprint density at radius 3 is 2.81 bits per heavy atom. The molecule has 166 valence electrons. The molecule has 1 aliphatic heterocycles. The summed E-state index contributed by atoms with van der Waals surface area (Å²) >= 11 is 0. The number of likely N-dealkylation sites (tertiary alicyclic amines) is 1. The van der Waals surface area contributed by atoms with Crippen LogP contribution in [0, 0.1) is 6.92 Å². The molecular weight excluding hydrogens is 408 g/mol. The van der Waals surface area contributed by atoms with Crippen LogP contribution in [-0.4, -0.2) is 50.1 Å². The fourth-order valence-corrected chi connectivity index (χ4v) is 4.10. The monoisotopic (exact) mass is 434 g/mol. The second-order valence-electron chi connectivity index (χ2n) is 7.83. The van der Waals surface area contributed by atoms with E-state index in [1.165, 1.54) is 6.20 Å². The summed E-state index contributed by atoms with van der Waals surface area (Å²) in [5, 5.41) is 4.25. The Labute approximate surface area is 186 Å². The maximum atomic E-state index is 13.5. The molecule has 2 aromatic heterocycles. The predicted molar refractivity (Wildman–Crippen MR) is 117 cm³/mol. The number of piperidine rings is 1. The quantitative estimate of drug-likeness (QED) is 0.637. The van der Waals surface area contributed by atoms with Crippen molar-refractivity contribution in [1.29, 1.82) is 0 Å². The Bertz CT molecular complexity index is 1130. The van der Waals surface area contributed by atoms with Crippen molar-refractivity contribution >= 4 is 11.8 Å². The third kappa shape index (κ3) is 4.32. The molecule has 0 aliphatic carbocycles. The molecule has 0 spiro atoms. The molecule has 32 heavy (non-hydrogen) atoms. The van der Waals surface area contributed by atoms with Crippen molar-refractivity contribution in [1.82, 2.24) is 24.6 Å². The molecule has 1 aromatic carbocycles. The normalized spacial score (nSPS) is 16.1. The van der Waals surface area contributed by atoms with Crippen molar-refractivity contribution in [2.75, 3.05) is 13.7 Å². The maximum Gasteiger partial charge on any atom is 0.254 e. The first-order valence-electron chi connectivity index (χ1n) is 10.6. The number of methoxy groups -OCH3 is 1. The Morgan fingerprint density at radius 2 is 2.12 bits per heavy atom. The summed E-state index contributed by atoms with van der Waals surface area (Å²) in [5.74, 6) is 0.590. The molecule has 1 fully saturated rings. The largest absolute Gasteiger partial charge is 0.496 e. The highest BCUT2D eigenvalue weighted by atomic mass is 16.5. The van der Waals surface area contributed by atoms with Gasteiger partial charge in [-0.15, -0.1) is 0 Å². The number of carbonyl (C=O) groups excluding carboxylic acids is 2. The first-order chi connectivity index (χ1) is 15.5. The average molecular weight is 435 g/mol. The summed E-state index contributed by atoms with van der Waals surface area (Å²) in [6.45, 7) is 2.84. The van der Waals surface area contributed by atoms with Gasteiger partial charge in [0.2, 0.25) is 0 Å². The molecule has 3 heterocycles. The molecule has 2 N–H and O–H groups in total. The number of ether oxygens (including phenoxy) is 1. The lowest BCUT2D eigenvalue weighted by molar-refractivity contribution is 0.0599. The number of nitrogens with zero attached hydrogens (tertiary/aromatic N) is 5. The zero-order chi connectivity index (χ0) is 22.7. The van der Waals surface area contributed by atoms with Crippen LogP contribution < -0.4 is 10.5 Å². The van der Waals surface area contributed by atoms with Gasteiger partial charge in [0.1, 0.15) is 5.75 Å². The van der Waals surface area contributed by atoms with Crippen molar-refractivity contribution in [2.45, 2.75) is 38.8 Å². The number of hydrogen-bond acceptors (Lipinski definition) is 6. The van der Waals surface area contributed by atoms with E-state index < -0.39 is 5.91 Å². The number of aryl methyl sites for hydroxylation is 1. The number of nitrogens with two attached hydrogens (primary N) is 1. The lowest BCUT2D eigenvalue weighted by atomic mass is 9.99. The van der Waals surface area contributed by atoms with Gasteiger partial charge in [-0.1, -0.05) is 0 Å². The van der Waals surface area contributed by atoms with E-state index in [0.29, 0.717) is 41.5 Å². The van der Waals surface area contributed by atoms with Gasteiger partial charge in [0, 0.05) is 36.3 Å². The number of benzene rings is 1. The van der Waals surface area contributed by atoms with Crippen LogP contribution in [0.2, 0.25) is 0 Å². The van der Waals surface area contributed by atoms with Crippen molar-refractivity contribution in [2.24, 2.45) is 5.73 Å². The standard InChI is InChI=1S/C23H26N6O3/c1-15-18(21(24)30)13-25-22(27-15)19-6-3-4-11-29(19)23(31)16-7-8-20(32-2)17(12-16)14-28-10-5-9-26-28/h5,7-10,12-13,19H,3-4,6,11,14H2,1-2H3,(H2,24,30)/t19-/m1/s1. The van der Waals surface area contributed by atoms with Crippen LogP contribution in [0.15, 0.2) is 42.9 Å². The zero-order valence-corrected chi connectivity index (χ0v) is 18.2. The third-order valence-electron chi connectivity index (χ3n) is 5.74. The van der Waals surface area contributed by atoms with Gasteiger partial charge < -0.3 is 15.4 Å². The molecule has 3 aromatic rings. The van der Waals surface area contributed by atoms with Gasteiger partial charge in [-0.2, -0.15) is 5.10 Å². The van der Waals surface area contributed by atoms with Crippen LogP contribution in [0.25, 0.3) is 0 Å². The van der Waals surface area contributed by atoms with E-state index in [1.54, 1.807) is 31.0 Å². The van der Waals surface area contributed by atoms with Gasteiger partial charge >= 0.3 is 0 Å². The van der Waals surface area contributed by atoms with Crippen molar-refractivity contribution in [3.05, 3.63) is 71.1 Å². The van der Waals surface area contributed by atoms with Gasteiger partial charge in [0.05, 0.1) is 31.0 Å². The van der Waals surface area contributed by atoms with E-state index in [1.807, 2.05) is 29.3 Å². The zero-order valence-electron chi connectivity index (χ0n) is 18.2. The Morgan fingerprint density at radius 1 is 1.28 bits per heavy atom. The SMILES string of the molecule is COc1ccc(C(=O)N2CCCC[C@@H]2c2ncc(C(N)=O)c(C)n2)cc1Cn1cccn1.